The summed E-state index contributed by atoms with van der Waals surface area (Å²) in [6.07, 6.45) is 2.61. The molecular formula is C24H27ClN2O9S. The van der Waals surface area contributed by atoms with Crippen LogP contribution in [0.25, 0.3) is 6.08 Å². The summed E-state index contributed by atoms with van der Waals surface area (Å²) in [4.78, 5) is 24.3. The van der Waals surface area contributed by atoms with Crippen molar-refractivity contribution in [2.45, 2.75) is 4.90 Å². The number of ether oxygens (including phenoxy) is 5. The van der Waals surface area contributed by atoms with Crippen LogP contribution in [0.1, 0.15) is 5.56 Å². The Morgan fingerprint density at radius 2 is 1.70 bits per heavy atom. The normalized spacial score (nSPS) is 14.3. The van der Waals surface area contributed by atoms with Crippen LogP contribution in [0.5, 0.6) is 17.2 Å². The average Bonchev–Trinajstić information content (AvgIpc) is 2.91. The van der Waals surface area contributed by atoms with Crippen LogP contribution >= 0.6 is 11.6 Å². The van der Waals surface area contributed by atoms with Gasteiger partial charge in [0, 0.05) is 24.9 Å². The predicted octanol–water partition coefficient (Wildman–Crippen LogP) is 2.58. The van der Waals surface area contributed by atoms with Gasteiger partial charge < -0.3 is 29.0 Å². The maximum atomic E-state index is 12.9. The summed E-state index contributed by atoms with van der Waals surface area (Å²) in [7, 11) is 0.546. The highest BCUT2D eigenvalue weighted by molar-refractivity contribution is 7.89. The van der Waals surface area contributed by atoms with Crippen molar-refractivity contribution in [3.63, 3.8) is 0 Å². The van der Waals surface area contributed by atoms with E-state index in [4.69, 9.17) is 35.3 Å². The van der Waals surface area contributed by atoms with Gasteiger partial charge in [0.25, 0.3) is 5.91 Å². The number of anilines is 1. The Balaban J connectivity index is 1.61. The van der Waals surface area contributed by atoms with Crippen LogP contribution in [0.3, 0.4) is 0 Å². The molecule has 0 unspecified atom stereocenters. The second-order valence-electron chi connectivity index (χ2n) is 7.61. The highest BCUT2D eigenvalue weighted by atomic mass is 35.5. The predicted molar refractivity (Wildman–Crippen MR) is 136 cm³/mol. The monoisotopic (exact) mass is 554 g/mol. The molecule has 1 aliphatic rings. The summed E-state index contributed by atoms with van der Waals surface area (Å²) in [6, 6.07) is 7.36. The van der Waals surface area contributed by atoms with E-state index in [2.05, 4.69) is 5.32 Å². The molecular weight excluding hydrogens is 528 g/mol. The van der Waals surface area contributed by atoms with E-state index >= 15 is 0 Å². The van der Waals surface area contributed by atoms with E-state index in [1.807, 2.05) is 0 Å². The Morgan fingerprint density at radius 3 is 2.30 bits per heavy atom. The molecule has 1 amide bonds. The first kappa shape index (κ1) is 28.3. The minimum Gasteiger partial charge on any atom is -0.493 e. The van der Waals surface area contributed by atoms with Crippen LogP contribution in [-0.4, -0.2) is 78.8 Å². The second-order valence-corrected chi connectivity index (χ2v) is 9.92. The number of carbonyl (C=O) groups is 2. The Morgan fingerprint density at radius 1 is 1.05 bits per heavy atom. The lowest BCUT2D eigenvalue weighted by Gasteiger charge is -2.26. The van der Waals surface area contributed by atoms with Gasteiger partial charge in [0.1, 0.15) is 4.90 Å². The number of esters is 1. The molecule has 0 aromatic heterocycles. The highest BCUT2D eigenvalue weighted by Gasteiger charge is 2.28. The Kier molecular flexibility index (Phi) is 9.75. The minimum atomic E-state index is -3.88. The number of nitrogens with zero attached hydrogens (tertiary/aromatic N) is 1. The molecule has 0 spiro atoms. The van der Waals surface area contributed by atoms with E-state index < -0.39 is 28.5 Å². The molecule has 37 heavy (non-hydrogen) atoms. The van der Waals surface area contributed by atoms with Gasteiger partial charge >= 0.3 is 5.97 Å². The van der Waals surface area contributed by atoms with Crippen LogP contribution in [0, 0.1) is 0 Å². The van der Waals surface area contributed by atoms with E-state index in [0.717, 1.165) is 6.08 Å². The van der Waals surface area contributed by atoms with Crippen molar-refractivity contribution >= 4 is 45.3 Å². The van der Waals surface area contributed by atoms with Crippen molar-refractivity contribution in [1.82, 2.24) is 4.31 Å². The average molecular weight is 555 g/mol. The maximum Gasteiger partial charge on any atom is 0.331 e. The first-order valence-electron chi connectivity index (χ1n) is 11.0. The zero-order chi connectivity index (χ0) is 27.0. The van der Waals surface area contributed by atoms with Gasteiger partial charge in [-0.2, -0.15) is 4.31 Å². The molecule has 0 atom stereocenters. The Hall–Kier alpha value is -3.32. The second kappa shape index (κ2) is 12.8. The zero-order valence-electron chi connectivity index (χ0n) is 20.5. The summed E-state index contributed by atoms with van der Waals surface area (Å²) >= 11 is 6.13. The molecule has 1 saturated heterocycles. The van der Waals surface area contributed by atoms with Crippen molar-refractivity contribution in [2.24, 2.45) is 0 Å². The molecule has 0 bridgehead atoms. The molecule has 1 aliphatic heterocycles. The van der Waals surface area contributed by atoms with Gasteiger partial charge in [0.15, 0.2) is 18.1 Å². The van der Waals surface area contributed by atoms with Crippen LogP contribution in [-0.2, 0) is 29.1 Å². The fraction of sp³-hybridized carbons (Fsp3) is 0.333. The van der Waals surface area contributed by atoms with Crippen molar-refractivity contribution in [3.8, 4) is 17.2 Å². The number of rotatable bonds is 10. The largest absolute Gasteiger partial charge is 0.493 e. The van der Waals surface area contributed by atoms with Crippen molar-refractivity contribution < 1.29 is 41.7 Å². The highest BCUT2D eigenvalue weighted by Crippen LogP contribution is 2.38. The Labute approximate surface area is 219 Å². The number of hydrogen-bond donors (Lipinski definition) is 1. The molecule has 200 valence electrons. The summed E-state index contributed by atoms with van der Waals surface area (Å²) in [5.41, 5.74) is 0.760. The number of benzene rings is 2. The molecule has 1 fully saturated rings. The van der Waals surface area contributed by atoms with Crippen LogP contribution < -0.4 is 19.5 Å². The molecule has 0 aliphatic carbocycles. The van der Waals surface area contributed by atoms with Crippen molar-refractivity contribution in [3.05, 3.63) is 47.0 Å². The molecule has 13 heteroatoms. The third-order valence-corrected chi connectivity index (χ3v) is 7.63. The molecule has 1 N–H and O–H groups in total. The maximum absolute atomic E-state index is 12.9. The van der Waals surface area contributed by atoms with Gasteiger partial charge in [-0.15, -0.1) is 0 Å². The number of methoxy groups -OCH3 is 3. The fourth-order valence-corrected chi connectivity index (χ4v) is 5.36. The van der Waals surface area contributed by atoms with Gasteiger partial charge in [-0.05, 0) is 42.0 Å². The van der Waals surface area contributed by atoms with Gasteiger partial charge in [-0.1, -0.05) is 11.6 Å². The first-order valence-corrected chi connectivity index (χ1v) is 12.8. The summed E-state index contributed by atoms with van der Waals surface area (Å²) in [5.74, 6) is -0.203. The van der Waals surface area contributed by atoms with E-state index in [1.54, 1.807) is 12.1 Å². The third-order valence-electron chi connectivity index (χ3n) is 5.25. The SMILES string of the molecule is COc1cc(C=CC(=O)OCC(=O)Nc2ccc(Cl)c(S(=O)(=O)N3CCOCC3)c2)cc(OC)c1OC. The van der Waals surface area contributed by atoms with Gasteiger partial charge in [-0.3, -0.25) is 4.79 Å². The zero-order valence-corrected chi connectivity index (χ0v) is 22.1. The summed E-state index contributed by atoms with van der Waals surface area (Å²) in [5, 5.41) is 2.52. The number of morpholine rings is 1. The number of carbonyl (C=O) groups excluding carboxylic acids is 2. The van der Waals surface area contributed by atoms with E-state index in [9.17, 15) is 18.0 Å². The lowest BCUT2D eigenvalue weighted by molar-refractivity contribution is -0.142. The number of nitrogens with one attached hydrogen (secondary N) is 1. The topological polar surface area (TPSA) is 130 Å². The molecule has 0 saturated carbocycles. The van der Waals surface area contributed by atoms with E-state index in [0.29, 0.717) is 22.8 Å². The molecule has 2 aromatic rings. The lowest BCUT2D eigenvalue weighted by atomic mass is 10.1. The fourth-order valence-electron chi connectivity index (χ4n) is 3.45. The minimum absolute atomic E-state index is 0.0212. The quantitative estimate of drug-likeness (QED) is 0.348. The number of sulfonamides is 1. The standard InChI is InChI=1S/C24H27ClN2O9S/c1-32-19-12-16(13-20(33-2)24(19)34-3)4-7-23(29)36-15-22(28)26-17-5-6-18(25)21(14-17)37(30,31)27-8-10-35-11-9-27/h4-7,12-14H,8-11,15H2,1-3H3,(H,26,28). The first-order chi connectivity index (χ1) is 17.7. The molecule has 1 heterocycles. The molecule has 3 rings (SSSR count). The van der Waals surface area contributed by atoms with Crippen LogP contribution in [0.2, 0.25) is 5.02 Å². The number of halogens is 1. The van der Waals surface area contributed by atoms with E-state index in [1.165, 1.54) is 49.9 Å². The number of hydrogen-bond acceptors (Lipinski definition) is 9. The molecule has 2 aromatic carbocycles. The van der Waals surface area contributed by atoms with Gasteiger partial charge in [0.2, 0.25) is 15.8 Å². The Bertz CT molecular complexity index is 1250. The smallest absolute Gasteiger partial charge is 0.331 e. The van der Waals surface area contributed by atoms with E-state index in [-0.39, 0.29) is 41.9 Å². The van der Waals surface area contributed by atoms with Crippen molar-refractivity contribution in [1.29, 1.82) is 0 Å². The van der Waals surface area contributed by atoms with Crippen LogP contribution in [0.15, 0.2) is 41.3 Å². The van der Waals surface area contributed by atoms with Gasteiger partial charge in [-0.25, -0.2) is 13.2 Å². The molecule has 11 nitrogen and oxygen atoms in total. The number of amides is 1. The summed E-state index contributed by atoms with van der Waals surface area (Å²) < 4.78 is 53.1. The molecule has 0 radical (unpaired) electrons. The van der Waals surface area contributed by atoms with Crippen molar-refractivity contribution in [2.75, 3.05) is 59.6 Å². The third kappa shape index (κ3) is 7.13. The lowest BCUT2D eigenvalue weighted by Crippen LogP contribution is -2.40. The van der Waals surface area contributed by atoms with Gasteiger partial charge in [0.05, 0.1) is 39.6 Å². The van der Waals surface area contributed by atoms with Crippen LogP contribution in [0.4, 0.5) is 5.69 Å². The summed E-state index contributed by atoms with van der Waals surface area (Å²) in [6.45, 7) is 0.384.